The Morgan fingerprint density at radius 2 is 1.76 bits per heavy atom. The Morgan fingerprint density at radius 3 is 2.41 bits per heavy atom. The highest BCUT2D eigenvalue weighted by atomic mass is 16.6. The summed E-state index contributed by atoms with van der Waals surface area (Å²) in [4.78, 5) is 35.4. The second-order valence-electron chi connectivity index (χ2n) is 12.0. The molecule has 0 saturated heterocycles. The van der Waals surface area contributed by atoms with Crippen LogP contribution in [0.15, 0.2) is 11.6 Å². The number of fused-ring (bicyclic) bond motifs is 5. The Hall–Kier alpha value is -1.89. The van der Waals surface area contributed by atoms with Crippen LogP contribution in [-0.2, 0) is 28.6 Å². The topological polar surface area (TPSA) is 99.1 Å². The highest BCUT2D eigenvalue weighted by molar-refractivity contribution is 5.85. The molecule has 0 aromatic rings. The van der Waals surface area contributed by atoms with Gasteiger partial charge in [-0.15, -0.1) is 0 Å². The summed E-state index contributed by atoms with van der Waals surface area (Å²) in [7, 11) is 0. The van der Waals surface area contributed by atoms with E-state index in [0.29, 0.717) is 18.3 Å². The molecule has 4 aliphatic carbocycles. The van der Waals surface area contributed by atoms with Gasteiger partial charge in [-0.1, -0.05) is 13.8 Å². The molecule has 5 rings (SSSR count). The van der Waals surface area contributed by atoms with E-state index in [2.05, 4.69) is 13.8 Å². The van der Waals surface area contributed by atoms with Crippen LogP contribution < -0.4 is 0 Å². The van der Waals surface area contributed by atoms with E-state index in [4.69, 9.17) is 14.2 Å². The van der Waals surface area contributed by atoms with Gasteiger partial charge in [-0.25, -0.2) is 4.79 Å². The molecule has 188 valence electrons. The lowest BCUT2D eigenvalue weighted by molar-refractivity contribution is -0.210. The van der Waals surface area contributed by atoms with Crippen LogP contribution in [0, 0.1) is 34.5 Å². The average Bonchev–Trinajstić information content (AvgIpc) is 3.25. The minimum atomic E-state index is -0.978. The van der Waals surface area contributed by atoms with E-state index in [1.807, 2.05) is 0 Å². The maximum atomic E-state index is 12.5. The molecule has 0 aromatic carbocycles. The van der Waals surface area contributed by atoms with Crippen LogP contribution in [-0.4, -0.2) is 47.4 Å². The van der Waals surface area contributed by atoms with Gasteiger partial charge in [0, 0.05) is 37.7 Å². The number of hydrogen-bond donors (Lipinski definition) is 1. The third-order valence-corrected chi connectivity index (χ3v) is 10.5. The lowest BCUT2D eigenvalue weighted by Gasteiger charge is -2.63. The van der Waals surface area contributed by atoms with Crippen molar-refractivity contribution in [2.45, 2.75) is 96.9 Å². The minimum absolute atomic E-state index is 0.000108. The second-order valence-corrected chi connectivity index (χ2v) is 12.0. The maximum absolute atomic E-state index is 12.5. The van der Waals surface area contributed by atoms with Crippen molar-refractivity contribution in [2.75, 3.05) is 6.61 Å². The van der Waals surface area contributed by atoms with E-state index in [9.17, 15) is 19.5 Å². The molecule has 34 heavy (non-hydrogen) atoms. The quantitative estimate of drug-likeness (QED) is 0.492. The molecule has 5 aliphatic rings. The number of carbonyl (C=O) groups is 3. The predicted octanol–water partition coefficient (Wildman–Crippen LogP) is 3.72. The summed E-state index contributed by atoms with van der Waals surface area (Å²) in [5.41, 5.74) is -0.535. The van der Waals surface area contributed by atoms with Crippen LogP contribution >= 0.6 is 0 Å². The summed E-state index contributed by atoms with van der Waals surface area (Å²) in [6, 6.07) is 0. The Bertz CT molecular complexity index is 926. The molecule has 7 nitrogen and oxygen atoms in total. The smallest absolute Gasteiger partial charge is 0.331 e. The van der Waals surface area contributed by atoms with Gasteiger partial charge < -0.3 is 19.3 Å². The van der Waals surface area contributed by atoms with Crippen molar-refractivity contribution in [3.63, 3.8) is 0 Å². The molecule has 4 fully saturated rings. The Morgan fingerprint density at radius 1 is 1.03 bits per heavy atom. The Kier molecular flexibility index (Phi) is 5.66. The predicted molar refractivity (Wildman–Crippen MR) is 122 cm³/mol. The molecule has 0 aromatic heterocycles. The van der Waals surface area contributed by atoms with Gasteiger partial charge in [-0.05, 0) is 73.7 Å². The molecule has 0 amide bonds. The summed E-state index contributed by atoms with van der Waals surface area (Å²) >= 11 is 0. The largest absolute Gasteiger partial charge is 0.463 e. The lowest BCUT2D eigenvalue weighted by atomic mass is 9.43. The molecule has 0 spiro atoms. The summed E-state index contributed by atoms with van der Waals surface area (Å²) < 4.78 is 16.6. The van der Waals surface area contributed by atoms with Gasteiger partial charge in [0.1, 0.15) is 18.8 Å². The summed E-state index contributed by atoms with van der Waals surface area (Å²) in [6.07, 6.45) is 7.98. The number of ether oxygens (including phenoxy) is 3. The summed E-state index contributed by atoms with van der Waals surface area (Å²) in [5, 5.41) is 12.5. The number of hydrogen-bond acceptors (Lipinski definition) is 7. The van der Waals surface area contributed by atoms with Gasteiger partial charge in [0.2, 0.25) is 0 Å². The van der Waals surface area contributed by atoms with Gasteiger partial charge >= 0.3 is 17.9 Å². The van der Waals surface area contributed by atoms with Crippen LogP contribution in [0.25, 0.3) is 0 Å². The number of cyclic esters (lactones) is 1. The van der Waals surface area contributed by atoms with Crippen LogP contribution in [0.1, 0.15) is 79.1 Å². The van der Waals surface area contributed by atoms with Gasteiger partial charge in [0.25, 0.3) is 0 Å². The van der Waals surface area contributed by atoms with E-state index in [1.54, 1.807) is 6.08 Å². The molecule has 1 aliphatic heterocycles. The third-order valence-electron chi connectivity index (χ3n) is 10.5. The van der Waals surface area contributed by atoms with Crippen molar-refractivity contribution in [2.24, 2.45) is 34.5 Å². The molecule has 0 radical (unpaired) electrons. The first kappa shape index (κ1) is 23.8. The van der Waals surface area contributed by atoms with Gasteiger partial charge in [-0.3, -0.25) is 9.59 Å². The van der Waals surface area contributed by atoms with Crippen LogP contribution in [0.5, 0.6) is 0 Å². The SMILES string of the molecule is CC(=O)O[C@H]1CC[C@@]2(C)[C@H](CC[C@@H]3[C@@H]2CC[C@]2(C)[C@@H](C4=CC(=O)OC4)[C@@H](OC(C)=O)C[C@]32O)C1. The monoisotopic (exact) mass is 474 g/mol. The first-order chi connectivity index (χ1) is 16.0. The molecule has 1 N–H and O–H groups in total. The number of esters is 3. The van der Waals surface area contributed by atoms with E-state index in [1.165, 1.54) is 13.8 Å². The zero-order valence-corrected chi connectivity index (χ0v) is 20.8. The van der Waals surface area contributed by atoms with E-state index < -0.39 is 17.1 Å². The van der Waals surface area contributed by atoms with Crippen molar-refractivity contribution >= 4 is 17.9 Å². The molecule has 0 unspecified atom stereocenters. The zero-order chi connectivity index (χ0) is 24.5. The fourth-order valence-corrected chi connectivity index (χ4v) is 9.08. The molecule has 4 saturated carbocycles. The molecule has 9 atom stereocenters. The third kappa shape index (κ3) is 3.44. The summed E-state index contributed by atoms with van der Waals surface area (Å²) in [5.74, 6) is -0.190. The lowest BCUT2D eigenvalue weighted by Crippen LogP contribution is -2.62. The number of aliphatic hydroxyl groups is 1. The van der Waals surface area contributed by atoms with Crippen molar-refractivity contribution in [1.82, 2.24) is 0 Å². The summed E-state index contributed by atoms with van der Waals surface area (Å²) in [6.45, 7) is 7.61. The molecule has 1 heterocycles. The normalized spacial score (nSPS) is 47.6. The molecular formula is C27H38O7. The van der Waals surface area contributed by atoms with Crippen LogP contribution in [0.3, 0.4) is 0 Å². The maximum Gasteiger partial charge on any atom is 0.331 e. The first-order valence-electron chi connectivity index (χ1n) is 12.9. The first-order valence-corrected chi connectivity index (χ1v) is 12.9. The molecule has 7 heteroatoms. The van der Waals surface area contributed by atoms with E-state index in [-0.39, 0.29) is 47.9 Å². The minimum Gasteiger partial charge on any atom is -0.463 e. The Balaban J connectivity index is 1.46. The van der Waals surface area contributed by atoms with E-state index in [0.717, 1.165) is 50.5 Å². The number of carbonyl (C=O) groups excluding carboxylic acids is 3. The van der Waals surface area contributed by atoms with Crippen molar-refractivity contribution in [3.8, 4) is 0 Å². The zero-order valence-electron chi connectivity index (χ0n) is 20.8. The fraction of sp³-hybridized carbons (Fsp3) is 0.815. The number of rotatable bonds is 3. The molecule has 0 bridgehead atoms. The highest BCUT2D eigenvalue weighted by Gasteiger charge is 2.71. The van der Waals surface area contributed by atoms with Gasteiger partial charge in [-0.2, -0.15) is 0 Å². The van der Waals surface area contributed by atoms with Crippen LogP contribution in [0.4, 0.5) is 0 Å². The fourth-order valence-electron chi connectivity index (χ4n) is 9.08. The Labute approximate surface area is 201 Å². The average molecular weight is 475 g/mol. The van der Waals surface area contributed by atoms with Crippen molar-refractivity contribution in [3.05, 3.63) is 11.6 Å². The van der Waals surface area contributed by atoms with Crippen molar-refractivity contribution in [1.29, 1.82) is 0 Å². The van der Waals surface area contributed by atoms with Crippen LogP contribution in [0.2, 0.25) is 0 Å². The molecular weight excluding hydrogens is 436 g/mol. The second kappa shape index (κ2) is 8.07. The van der Waals surface area contributed by atoms with Gasteiger partial charge in [0.05, 0.1) is 5.60 Å². The van der Waals surface area contributed by atoms with Gasteiger partial charge in [0.15, 0.2) is 0 Å². The van der Waals surface area contributed by atoms with Crippen molar-refractivity contribution < 1.29 is 33.7 Å². The standard InChI is InChI=1S/C27H38O7/c1-15(28)33-19-7-9-25(3)18(12-19)5-6-21-20(25)8-10-26(4)24(17-11-23(30)32-14-17)22(34-16(2)29)13-27(21,26)31/h11,18-22,24,31H,5-10,12-14H2,1-4H3/t18-,19+,20+,21-,22+,24+,25+,26-,27+/m1/s1. The highest BCUT2D eigenvalue weighted by Crippen LogP contribution is 2.70. The van der Waals surface area contributed by atoms with E-state index >= 15 is 0 Å².